The fourth-order valence-electron chi connectivity index (χ4n) is 3.29. The van der Waals surface area contributed by atoms with E-state index >= 15 is 0 Å². The molecule has 1 heterocycles. The lowest BCUT2D eigenvalue weighted by atomic mass is 10.0. The number of ether oxygens (including phenoxy) is 1. The summed E-state index contributed by atoms with van der Waals surface area (Å²) in [6.45, 7) is -2.13. The summed E-state index contributed by atoms with van der Waals surface area (Å²) < 4.78 is 84.3. The van der Waals surface area contributed by atoms with Gasteiger partial charge in [0.05, 0.1) is 23.7 Å². The zero-order valence-electron chi connectivity index (χ0n) is 16.5. The van der Waals surface area contributed by atoms with Crippen molar-refractivity contribution in [2.75, 3.05) is 29.9 Å². The van der Waals surface area contributed by atoms with Gasteiger partial charge >= 0.3 is 12.4 Å². The maximum absolute atomic E-state index is 13.2. The molecule has 5 nitrogen and oxygen atoms in total. The average molecular weight is 457 g/mol. The molecule has 0 radical (unpaired) electrons. The van der Waals surface area contributed by atoms with Crippen molar-refractivity contribution in [1.82, 2.24) is 0 Å². The van der Waals surface area contributed by atoms with E-state index in [1.54, 1.807) is 18.2 Å². The van der Waals surface area contributed by atoms with Gasteiger partial charge in [-0.05, 0) is 36.2 Å². The summed E-state index contributed by atoms with van der Waals surface area (Å²) >= 11 is 0. The molecule has 11 heteroatoms. The van der Waals surface area contributed by atoms with Crippen molar-refractivity contribution >= 4 is 17.3 Å². The molecule has 32 heavy (non-hydrogen) atoms. The number of carbonyl (C=O) groups is 1. The van der Waals surface area contributed by atoms with E-state index < -0.39 is 30.0 Å². The fourth-order valence-corrected chi connectivity index (χ4v) is 3.29. The predicted molar refractivity (Wildman–Crippen MR) is 103 cm³/mol. The minimum atomic E-state index is -4.89. The summed E-state index contributed by atoms with van der Waals surface area (Å²) in [5.74, 6) is 0.140. The van der Waals surface area contributed by atoms with Gasteiger partial charge in [0, 0.05) is 23.9 Å². The van der Waals surface area contributed by atoms with Crippen LogP contribution in [0.15, 0.2) is 36.4 Å². The third-order valence-corrected chi connectivity index (χ3v) is 4.77. The molecule has 0 unspecified atom stereocenters. The van der Waals surface area contributed by atoms with E-state index in [2.05, 4.69) is 5.32 Å². The molecule has 0 spiro atoms. The number of rotatable bonds is 6. The average Bonchev–Trinajstić information content (AvgIpc) is 2.70. The number of aryl methyl sites for hydroxylation is 1. The highest BCUT2D eigenvalue weighted by Gasteiger charge is 2.36. The summed E-state index contributed by atoms with van der Waals surface area (Å²) in [5.41, 5.74) is -0.882. The van der Waals surface area contributed by atoms with E-state index in [1.807, 2.05) is 0 Å². The van der Waals surface area contributed by atoms with Crippen molar-refractivity contribution in [2.45, 2.75) is 25.2 Å². The summed E-state index contributed by atoms with van der Waals surface area (Å²) in [7, 11) is 0. The molecule has 0 saturated carbocycles. The zero-order chi connectivity index (χ0) is 23.5. The second kappa shape index (κ2) is 8.98. The summed E-state index contributed by atoms with van der Waals surface area (Å²) in [5, 5.41) is 11.6. The largest absolute Gasteiger partial charge is 0.492 e. The van der Waals surface area contributed by atoms with Crippen molar-refractivity contribution in [3.8, 4) is 11.8 Å². The Balaban J connectivity index is 1.77. The van der Waals surface area contributed by atoms with Crippen LogP contribution < -0.4 is 15.0 Å². The van der Waals surface area contributed by atoms with Gasteiger partial charge in [0.2, 0.25) is 5.91 Å². The van der Waals surface area contributed by atoms with Crippen LogP contribution in [0.3, 0.4) is 0 Å². The maximum atomic E-state index is 13.2. The van der Waals surface area contributed by atoms with Gasteiger partial charge in [0.15, 0.2) is 0 Å². The first-order chi connectivity index (χ1) is 15.0. The third-order valence-electron chi connectivity index (χ3n) is 4.77. The number of anilines is 2. The van der Waals surface area contributed by atoms with Crippen molar-refractivity contribution in [3.63, 3.8) is 0 Å². The van der Waals surface area contributed by atoms with E-state index in [0.717, 1.165) is 17.7 Å². The molecule has 170 valence electrons. The lowest BCUT2D eigenvalue weighted by Crippen LogP contribution is -2.37. The Hall–Kier alpha value is -3.42. The lowest BCUT2D eigenvalue weighted by Gasteiger charge is -2.27. The number of alkyl halides is 6. The van der Waals surface area contributed by atoms with Crippen LogP contribution in [0.25, 0.3) is 0 Å². The van der Waals surface area contributed by atoms with Gasteiger partial charge in [-0.15, -0.1) is 0 Å². The molecule has 1 amide bonds. The van der Waals surface area contributed by atoms with Gasteiger partial charge in [0.25, 0.3) is 0 Å². The van der Waals surface area contributed by atoms with E-state index in [1.165, 1.54) is 6.07 Å². The minimum absolute atomic E-state index is 0.160. The Morgan fingerprint density at radius 1 is 1.06 bits per heavy atom. The minimum Gasteiger partial charge on any atom is -0.492 e. The smallest absolute Gasteiger partial charge is 0.417 e. The molecule has 0 atom stereocenters. The number of hydrogen-bond donors (Lipinski definition) is 1. The molecule has 2 aromatic carbocycles. The quantitative estimate of drug-likeness (QED) is 0.627. The highest BCUT2D eigenvalue weighted by molar-refractivity contribution is 5.94. The topological polar surface area (TPSA) is 65.4 Å². The highest BCUT2D eigenvalue weighted by Crippen LogP contribution is 2.35. The number of fused-ring (bicyclic) bond motifs is 1. The van der Waals surface area contributed by atoms with Crippen molar-refractivity contribution in [3.05, 3.63) is 53.1 Å². The van der Waals surface area contributed by atoms with Gasteiger partial charge in [-0.3, -0.25) is 4.79 Å². The molecule has 1 aliphatic heterocycles. The first-order valence-electron chi connectivity index (χ1n) is 9.45. The molecular weight excluding hydrogens is 440 g/mol. The van der Waals surface area contributed by atoms with Gasteiger partial charge in [-0.2, -0.15) is 31.6 Å². The monoisotopic (exact) mass is 457 g/mol. The highest BCUT2D eigenvalue weighted by atomic mass is 19.4. The number of hydrogen-bond acceptors (Lipinski definition) is 4. The molecule has 0 fully saturated rings. The molecule has 1 N–H and O–H groups in total. The van der Waals surface area contributed by atoms with Gasteiger partial charge < -0.3 is 15.0 Å². The standard InChI is InChI=1S/C21H17F6N3O2/c22-20(23,24)12-30(15-4-1-14(11-28)17(9-15)21(25,26)27)7-8-32-16-5-2-13-3-6-19(31)29-18(13)10-16/h1-2,4-5,9-10H,3,6-8,12H2,(H,29,31). The Kier molecular flexibility index (Phi) is 6.52. The van der Waals surface area contributed by atoms with Crippen LogP contribution in [-0.4, -0.2) is 31.8 Å². The van der Waals surface area contributed by atoms with Crippen molar-refractivity contribution < 1.29 is 35.9 Å². The number of amides is 1. The Morgan fingerprint density at radius 2 is 1.81 bits per heavy atom. The first-order valence-corrected chi connectivity index (χ1v) is 9.45. The third kappa shape index (κ3) is 5.84. The Morgan fingerprint density at radius 3 is 2.47 bits per heavy atom. The van der Waals surface area contributed by atoms with Crippen LogP contribution >= 0.6 is 0 Å². The number of benzene rings is 2. The summed E-state index contributed by atoms with van der Waals surface area (Å²) in [6.07, 6.45) is -8.66. The molecule has 3 rings (SSSR count). The number of carbonyl (C=O) groups excluding carboxylic acids is 1. The molecule has 2 aromatic rings. The molecule has 0 bridgehead atoms. The van der Waals surface area contributed by atoms with Gasteiger partial charge in [-0.25, -0.2) is 0 Å². The Bertz CT molecular complexity index is 1040. The van der Waals surface area contributed by atoms with Crippen LogP contribution in [0.4, 0.5) is 37.7 Å². The second-order valence-electron chi connectivity index (χ2n) is 7.09. The molecular formula is C21H17F6N3O2. The molecule has 0 aromatic heterocycles. The van der Waals surface area contributed by atoms with Crippen LogP contribution in [0.1, 0.15) is 23.1 Å². The van der Waals surface area contributed by atoms with Crippen LogP contribution in [0, 0.1) is 11.3 Å². The predicted octanol–water partition coefficient (Wildman–Crippen LogP) is 4.91. The SMILES string of the molecule is N#Cc1ccc(N(CCOc2ccc3c(c2)NC(=O)CC3)CC(F)(F)F)cc1C(F)(F)F. The summed E-state index contributed by atoms with van der Waals surface area (Å²) in [4.78, 5) is 12.2. The van der Waals surface area contributed by atoms with E-state index in [-0.39, 0.29) is 24.7 Å². The number of nitrogens with one attached hydrogen (secondary N) is 1. The summed E-state index contributed by atoms with van der Waals surface area (Å²) in [6, 6.07) is 8.68. The molecule has 0 saturated heterocycles. The van der Waals surface area contributed by atoms with Gasteiger partial charge in [0.1, 0.15) is 18.9 Å². The second-order valence-corrected chi connectivity index (χ2v) is 7.09. The fraction of sp³-hybridized carbons (Fsp3) is 0.333. The van der Waals surface area contributed by atoms with E-state index in [0.29, 0.717) is 35.2 Å². The van der Waals surface area contributed by atoms with Crippen LogP contribution in [-0.2, 0) is 17.4 Å². The molecule has 0 aliphatic carbocycles. The maximum Gasteiger partial charge on any atom is 0.417 e. The van der Waals surface area contributed by atoms with Crippen molar-refractivity contribution in [2.24, 2.45) is 0 Å². The van der Waals surface area contributed by atoms with E-state index in [9.17, 15) is 31.1 Å². The van der Waals surface area contributed by atoms with E-state index in [4.69, 9.17) is 10.00 Å². The van der Waals surface area contributed by atoms with Crippen LogP contribution in [0.5, 0.6) is 5.75 Å². The lowest BCUT2D eigenvalue weighted by molar-refractivity contribution is -0.137. The molecule has 1 aliphatic rings. The number of nitrogens with zero attached hydrogens (tertiary/aromatic N) is 2. The zero-order valence-corrected chi connectivity index (χ0v) is 16.5. The number of halogens is 6. The van der Waals surface area contributed by atoms with Crippen LogP contribution in [0.2, 0.25) is 0 Å². The van der Waals surface area contributed by atoms with Gasteiger partial charge in [-0.1, -0.05) is 6.07 Å². The van der Waals surface area contributed by atoms with Crippen molar-refractivity contribution in [1.29, 1.82) is 5.26 Å². The first kappa shape index (κ1) is 23.2. The normalized spacial score (nSPS) is 13.7. The number of nitriles is 1. The Labute approximate surface area is 179 Å².